The number of halogens is 1. The maximum Gasteiger partial charge on any atom is 0.245 e. The van der Waals surface area contributed by atoms with E-state index in [0.717, 1.165) is 16.1 Å². The monoisotopic (exact) mass is 396 g/mol. The van der Waals surface area contributed by atoms with Crippen LogP contribution in [0.5, 0.6) is 0 Å². The standard InChI is InChI=1S/C18H21ClN2O4S/c1-13-7-8-15(19)10-17(13)21(26(3,23)24)11-18(22)20-16-6-4-5-14(9-16)12-25-2/h4-10H,11-12H2,1-3H3,(H,20,22). The van der Waals surface area contributed by atoms with Crippen molar-refractivity contribution in [2.24, 2.45) is 0 Å². The van der Waals surface area contributed by atoms with Gasteiger partial charge in [0.15, 0.2) is 0 Å². The molecular weight excluding hydrogens is 376 g/mol. The summed E-state index contributed by atoms with van der Waals surface area (Å²) in [7, 11) is -2.08. The summed E-state index contributed by atoms with van der Waals surface area (Å²) in [5, 5.41) is 3.11. The van der Waals surface area contributed by atoms with Gasteiger partial charge in [-0.25, -0.2) is 8.42 Å². The van der Waals surface area contributed by atoms with Crippen molar-refractivity contribution >= 4 is 38.9 Å². The van der Waals surface area contributed by atoms with E-state index in [2.05, 4.69) is 5.32 Å². The Morgan fingerprint density at radius 2 is 1.96 bits per heavy atom. The molecular formula is C18H21ClN2O4S. The second kappa shape index (κ2) is 8.53. The van der Waals surface area contributed by atoms with Gasteiger partial charge in [-0.05, 0) is 42.3 Å². The van der Waals surface area contributed by atoms with Crippen molar-refractivity contribution in [3.63, 3.8) is 0 Å². The number of benzene rings is 2. The lowest BCUT2D eigenvalue weighted by Crippen LogP contribution is -2.37. The average Bonchev–Trinajstić information content (AvgIpc) is 2.55. The van der Waals surface area contributed by atoms with Crippen molar-refractivity contribution in [3.8, 4) is 0 Å². The van der Waals surface area contributed by atoms with Crippen LogP contribution >= 0.6 is 11.6 Å². The van der Waals surface area contributed by atoms with Crippen LogP contribution in [0.15, 0.2) is 42.5 Å². The first-order chi connectivity index (χ1) is 12.2. The normalized spacial score (nSPS) is 11.2. The molecule has 140 valence electrons. The van der Waals surface area contributed by atoms with Crippen molar-refractivity contribution in [1.29, 1.82) is 0 Å². The van der Waals surface area contributed by atoms with Crippen molar-refractivity contribution in [1.82, 2.24) is 0 Å². The first-order valence-electron chi connectivity index (χ1n) is 7.82. The molecule has 1 amide bonds. The average molecular weight is 397 g/mol. The number of methoxy groups -OCH3 is 1. The van der Waals surface area contributed by atoms with Gasteiger partial charge in [0.25, 0.3) is 0 Å². The summed E-state index contributed by atoms with van der Waals surface area (Å²) in [5.41, 5.74) is 2.55. The molecule has 0 aliphatic carbocycles. The Morgan fingerprint density at radius 3 is 2.62 bits per heavy atom. The summed E-state index contributed by atoms with van der Waals surface area (Å²) in [4.78, 5) is 12.4. The lowest BCUT2D eigenvalue weighted by molar-refractivity contribution is -0.114. The Bertz CT molecular complexity index is 900. The highest BCUT2D eigenvalue weighted by Gasteiger charge is 2.22. The van der Waals surface area contributed by atoms with Gasteiger partial charge in [0, 0.05) is 17.8 Å². The SMILES string of the molecule is COCc1cccc(NC(=O)CN(c2cc(Cl)ccc2C)S(C)(=O)=O)c1. The molecule has 0 aromatic heterocycles. The van der Waals surface area contributed by atoms with E-state index in [1.807, 2.05) is 6.07 Å². The third-order valence-corrected chi connectivity index (χ3v) is 5.01. The van der Waals surface area contributed by atoms with Gasteiger partial charge in [0.2, 0.25) is 15.9 Å². The maximum absolute atomic E-state index is 12.4. The zero-order chi connectivity index (χ0) is 19.3. The molecule has 0 saturated carbocycles. The molecule has 8 heteroatoms. The van der Waals surface area contributed by atoms with Crippen LogP contribution in [-0.4, -0.2) is 34.2 Å². The third-order valence-electron chi connectivity index (χ3n) is 3.65. The largest absolute Gasteiger partial charge is 0.380 e. The van der Waals surface area contributed by atoms with Crippen LogP contribution in [0.3, 0.4) is 0 Å². The van der Waals surface area contributed by atoms with Gasteiger partial charge in [-0.1, -0.05) is 29.8 Å². The van der Waals surface area contributed by atoms with Gasteiger partial charge in [0.1, 0.15) is 6.54 Å². The van der Waals surface area contributed by atoms with E-state index in [9.17, 15) is 13.2 Å². The Hall–Kier alpha value is -2.09. The summed E-state index contributed by atoms with van der Waals surface area (Å²) < 4.78 is 30.5. The van der Waals surface area contributed by atoms with Crippen molar-refractivity contribution in [2.45, 2.75) is 13.5 Å². The molecule has 0 fully saturated rings. The number of amides is 1. The molecule has 0 atom stereocenters. The van der Waals surface area contributed by atoms with Gasteiger partial charge in [-0.2, -0.15) is 0 Å². The fraction of sp³-hybridized carbons (Fsp3) is 0.278. The third kappa shape index (κ3) is 5.45. The molecule has 0 aliphatic heterocycles. The molecule has 26 heavy (non-hydrogen) atoms. The Kier molecular flexibility index (Phi) is 6.63. The van der Waals surface area contributed by atoms with Gasteiger partial charge in [-0.3, -0.25) is 9.10 Å². The van der Waals surface area contributed by atoms with Crippen LogP contribution in [-0.2, 0) is 26.2 Å². The number of carbonyl (C=O) groups is 1. The summed E-state index contributed by atoms with van der Waals surface area (Å²) in [6.07, 6.45) is 1.06. The van der Waals surface area contributed by atoms with Crippen LogP contribution < -0.4 is 9.62 Å². The number of aryl methyl sites for hydroxylation is 1. The fourth-order valence-corrected chi connectivity index (χ4v) is 3.54. The lowest BCUT2D eigenvalue weighted by atomic mass is 10.2. The number of rotatable bonds is 7. The Labute approximate surface area is 158 Å². The molecule has 1 N–H and O–H groups in total. The smallest absolute Gasteiger partial charge is 0.245 e. The fourth-order valence-electron chi connectivity index (χ4n) is 2.47. The zero-order valence-corrected chi connectivity index (χ0v) is 16.4. The number of hydrogen-bond acceptors (Lipinski definition) is 4. The number of hydrogen-bond donors (Lipinski definition) is 1. The van der Waals surface area contributed by atoms with E-state index in [4.69, 9.17) is 16.3 Å². The lowest BCUT2D eigenvalue weighted by Gasteiger charge is -2.24. The molecule has 0 unspecified atom stereocenters. The maximum atomic E-state index is 12.4. The van der Waals surface area contributed by atoms with Gasteiger partial charge in [0.05, 0.1) is 18.6 Å². The van der Waals surface area contributed by atoms with E-state index >= 15 is 0 Å². The predicted octanol–water partition coefficient (Wildman–Crippen LogP) is 3.20. The molecule has 0 spiro atoms. The molecule has 0 heterocycles. The van der Waals surface area contributed by atoms with Crippen molar-refractivity contribution in [2.75, 3.05) is 29.5 Å². The van der Waals surface area contributed by atoms with Gasteiger partial charge < -0.3 is 10.1 Å². The van der Waals surface area contributed by atoms with Crippen molar-refractivity contribution in [3.05, 3.63) is 58.6 Å². The van der Waals surface area contributed by atoms with Crippen LogP contribution in [0.4, 0.5) is 11.4 Å². The minimum Gasteiger partial charge on any atom is -0.380 e. The molecule has 0 saturated heterocycles. The summed E-state index contributed by atoms with van der Waals surface area (Å²) in [5.74, 6) is -0.454. The first kappa shape index (κ1) is 20.2. The Morgan fingerprint density at radius 1 is 1.23 bits per heavy atom. The number of sulfonamides is 1. The van der Waals surface area contributed by atoms with E-state index < -0.39 is 15.9 Å². The highest BCUT2D eigenvalue weighted by atomic mass is 35.5. The highest BCUT2D eigenvalue weighted by molar-refractivity contribution is 7.92. The predicted molar refractivity (Wildman–Crippen MR) is 104 cm³/mol. The topological polar surface area (TPSA) is 75.7 Å². The van der Waals surface area contributed by atoms with E-state index in [-0.39, 0.29) is 6.54 Å². The molecule has 6 nitrogen and oxygen atoms in total. The van der Waals surface area contributed by atoms with Crippen molar-refractivity contribution < 1.29 is 17.9 Å². The minimum absolute atomic E-state index is 0.353. The number of carbonyl (C=O) groups excluding carboxylic acids is 1. The summed E-state index contributed by atoms with van der Waals surface area (Å²) in [6.45, 7) is 1.82. The second-order valence-corrected chi connectivity index (χ2v) is 8.23. The number of ether oxygens (including phenoxy) is 1. The van der Waals surface area contributed by atoms with Crippen LogP contribution in [0.1, 0.15) is 11.1 Å². The highest BCUT2D eigenvalue weighted by Crippen LogP contribution is 2.26. The van der Waals surface area contributed by atoms with E-state index in [0.29, 0.717) is 28.6 Å². The quantitative estimate of drug-likeness (QED) is 0.779. The minimum atomic E-state index is -3.67. The van der Waals surface area contributed by atoms with Crippen LogP contribution in [0.2, 0.25) is 5.02 Å². The van der Waals surface area contributed by atoms with Gasteiger partial charge in [-0.15, -0.1) is 0 Å². The van der Waals surface area contributed by atoms with Gasteiger partial charge >= 0.3 is 0 Å². The zero-order valence-electron chi connectivity index (χ0n) is 14.8. The second-order valence-electron chi connectivity index (χ2n) is 5.88. The molecule has 2 aromatic rings. The number of nitrogens with one attached hydrogen (secondary N) is 1. The molecule has 0 bridgehead atoms. The Balaban J connectivity index is 2.22. The number of anilines is 2. The molecule has 0 aliphatic rings. The van der Waals surface area contributed by atoms with E-state index in [1.54, 1.807) is 44.4 Å². The first-order valence-corrected chi connectivity index (χ1v) is 10.0. The number of nitrogens with zero attached hydrogens (tertiary/aromatic N) is 1. The molecule has 0 radical (unpaired) electrons. The summed E-state index contributed by atoms with van der Waals surface area (Å²) >= 11 is 5.99. The van der Waals surface area contributed by atoms with Crippen LogP contribution in [0.25, 0.3) is 0 Å². The molecule has 2 aromatic carbocycles. The molecule has 2 rings (SSSR count). The van der Waals surface area contributed by atoms with Crippen LogP contribution in [0, 0.1) is 6.92 Å². The summed E-state index contributed by atoms with van der Waals surface area (Å²) in [6, 6.07) is 12.1. The van der Waals surface area contributed by atoms with E-state index in [1.165, 1.54) is 6.07 Å².